The van der Waals surface area contributed by atoms with Crippen molar-refractivity contribution >= 4 is 46.0 Å². The molecule has 3 fully saturated rings. The van der Waals surface area contributed by atoms with Crippen molar-refractivity contribution in [2.45, 2.75) is 94.8 Å². The first-order valence-corrected chi connectivity index (χ1v) is 18.5. The topological polar surface area (TPSA) is 181 Å². The zero-order chi connectivity index (χ0) is 36.4. The third-order valence-electron chi connectivity index (χ3n) is 9.48. The summed E-state index contributed by atoms with van der Waals surface area (Å²) in [7, 11) is -2.32. The minimum atomic E-state index is -3.91. The van der Waals surface area contributed by atoms with Crippen LogP contribution in [0.2, 0.25) is 0 Å². The number of rotatable bonds is 6. The molecule has 5 rings (SSSR count). The summed E-state index contributed by atoms with van der Waals surface area (Å²) >= 11 is 0. The van der Waals surface area contributed by atoms with Gasteiger partial charge >= 0.3 is 12.2 Å². The Morgan fingerprint density at radius 3 is 2.56 bits per heavy atom. The molecule has 50 heavy (non-hydrogen) atoms. The SMILES string of the molecule is C=C[C@@H]1C[C@]1(NC(=O)[C@@H]1C[C@@H]2CN1C(=O)[C@H](C(C)(C)C)NC(=O)OCCC/C=C/c1cccc(c1)CN(C)C(=O)O2)C(=O)NS(=O)(=O)C1CC1. The van der Waals surface area contributed by atoms with Crippen LogP contribution >= 0.6 is 0 Å². The summed E-state index contributed by atoms with van der Waals surface area (Å²) < 4.78 is 38.6. The van der Waals surface area contributed by atoms with Crippen LogP contribution < -0.4 is 15.4 Å². The fourth-order valence-electron chi connectivity index (χ4n) is 6.32. The zero-order valence-corrected chi connectivity index (χ0v) is 29.8. The lowest BCUT2D eigenvalue weighted by Crippen LogP contribution is -2.60. The molecule has 4 bridgehead atoms. The van der Waals surface area contributed by atoms with Crippen molar-refractivity contribution in [2.75, 3.05) is 20.2 Å². The Kier molecular flexibility index (Phi) is 10.7. The predicted octanol–water partition coefficient (Wildman–Crippen LogP) is 2.84. The standard InChI is InChI=1S/C35H47N5O9S/c1-6-24-19-35(24,31(43)38-50(46,47)26-14-15-26)37-29(41)27-18-25-21-40(27)30(42)28(34(2,3)4)36-32(44)48-16-9-7-8-11-22-12-10-13-23(17-22)20-39(5)33(45)49-25/h6,8,10-13,17,24-28H,1,7,9,14-16,18-21H2,2-5H3,(H,36,44)(H,37,41)(H,38,43)/b11-8+/t24-,25-,27+,28-,35-/m1/s1. The van der Waals surface area contributed by atoms with Crippen LogP contribution in [0, 0.1) is 11.3 Å². The van der Waals surface area contributed by atoms with Gasteiger partial charge in [-0.25, -0.2) is 18.0 Å². The number of benzene rings is 1. The van der Waals surface area contributed by atoms with E-state index in [1.807, 2.05) is 36.4 Å². The molecule has 1 aromatic rings. The number of allylic oxidation sites excluding steroid dienone is 1. The highest BCUT2D eigenvalue weighted by molar-refractivity contribution is 7.91. The highest BCUT2D eigenvalue weighted by Gasteiger charge is 2.62. The van der Waals surface area contributed by atoms with Crippen molar-refractivity contribution in [2.24, 2.45) is 11.3 Å². The van der Waals surface area contributed by atoms with E-state index in [2.05, 4.69) is 21.9 Å². The maximum Gasteiger partial charge on any atom is 0.410 e. The maximum atomic E-state index is 14.3. The molecule has 0 spiro atoms. The lowest BCUT2D eigenvalue weighted by molar-refractivity contribution is -0.142. The third kappa shape index (κ3) is 8.48. The van der Waals surface area contributed by atoms with Gasteiger partial charge in [0.05, 0.1) is 18.4 Å². The van der Waals surface area contributed by atoms with Gasteiger partial charge in [-0.05, 0) is 54.7 Å². The monoisotopic (exact) mass is 713 g/mol. The summed E-state index contributed by atoms with van der Waals surface area (Å²) in [5.74, 6) is -2.76. The van der Waals surface area contributed by atoms with Crippen LogP contribution in [0.3, 0.4) is 0 Å². The quantitative estimate of drug-likeness (QED) is 0.374. The van der Waals surface area contributed by atoms with Crippen molar-refractivity contribution in [3.05, 3.63) is 54.1 Å². The van der Waals surface area contributed by atoms with Crippen molar-refractivity contribution in [1.29, 1.82) is 0 Å². The molecule has 2 saturated carbocycles. The molecule has 0 unspecified atom stereocenters. The molecule has 15 heteroatoms. The summed E-state index contributed by atoms with van der Waals surface area (Å²) in [6, 6.07) is 5.30. The van der Waals surface area contributed by atoms with Gasteiger partial charge in [-0.2, -0.15) is 0 Å². The zero-order valence-electron chi connectivity index (χ0n) is 29.0. The number of hydrogen-bond donors (Lipinski definition) is 3. The normalized spacial score (nSPS) is 28.8. The molecular weight excluding hydrogens is 666 g/mol. The number of carbonyl (C=O) groups is 5. The van der Waals surface area contributed by atoms with E-state index in [-0.39, 0.29) is 32.5 Å². The number of nitrogens with one attached hydrogen (secondary N) is 3. The van der Waals surface area contributed by atoms with Crippen LogP contribution in [-0.4, -0.2) is 97.3 Å². The van der Waals surface area contributed by atoms with Crippen molar-refractivity contribution < 1.29 is 41.9 Å². The van der Waals surface area contributed by atoms with Gasteiger partial charge in [0.1, 0.15) is 23.7 Å². The van der Waals surface area contributed by atoms with Gasteiger partial charge in [0, 0.05) is 25.9 Å². The second kappa shape index (κ2) is 14.4. The summed E-state index contributed by atoms with van der Waals surface area (Å²) in [5, 5.41) is 4.73. The Bertz CT molecular complexity index is 1670. The fraction of sp³-hybridized carbons (Fsp3) is 0.571. The smallest absolute Gasteiger partial charge is 0.410 e. The highest BCUT2D eigenvalue weighted by atomic mass is 32.2. The minimum Gasteiger partial charge on any atom is -0.450 e. The van der Waals surface area contributed by atoms with Gasteiger partial charge < -0.3 is 29.9 Å². The maximum absolute atomic E-state index is 14.3. The van der Waals surface area contributed by atoms with Gasteiger partial charge in [0.2, 0.25) is 21.8 Å². The van der Waals surface area contributed by atoms with E-state index in [1.165, 1.54) is 15.9 Å². The van der Waals surface area contributed by atoms with Crippen molar-refractivity contribution in [1.82, 2.24) is 25.2 Å². The Hall–Kier alpha value is -4.40. The van der Waals surface area contributed by atoms with Gasteiger partial charge in [-0.15, -0.1) is 6.58 Å². The summed E-state index contributed by atoms with van der Waals surface area (Å²) in [6.07, 6.45) is 5.10. The Morgan fingerprint density at radius 2 is 1.90 bits per heavy atom. The Labute approximate surface area is 293 Å². The van der Waals surface area contributed by atoms with Crippen LogP contribution in [0.15, 0.2) is 43.0 Å². The van der Waals surface area contributed by atoms with Gasteiger partial charge in [-0.1, -0.05) is 57.2 Å². The van der Waals surface area contributed by atoms with E-state index in [4.69, 9.17) is 9.47 Å². The number of fused-ring (bicyclic) bond motifs is 4. The van der Waals surface area contributed by atoms with E-state index >= 15 is 0 Å². The van der Waals surface area contributed by atoms with Gasteiger partial charge in [0.15, 0.2) is 0 Å². The van der Waals surface area contributed by atoms with Crippen molar-refractivity contribution in [3.63, 3.8) is 0 Å². The molecule has 4 aliphatic rings. The first-order chi connectivity index (χ1) is 23.5. The van der Waals surface area contributed by atoms with Crippen LogP contribution in [-0.2, 0) is 40.4 Å². The number of cyclic esters (lactones) is 1. The van der Waals surface area contributed by atoms with Gasteiger partial charge in [-0.3, -0.25) is 19.1 Å². The summed E-state index contributed by atoms with van der Waals surface area (Å²) in [4.78, 5) is 70.6. The number of alkyl carbamates (subject to hydrolysis) is 1. The molecule has 2 aliphatic carbocycles. The average molecular weight is 714 g/mol. The van der Waals surface area contributed by atoms with E-state index in [0.29, 0.717) is 25.7 Å². The summed E-state index contributed by atoms with van der Waals surface area (Å²) in [6.45, 7) is 9.19. The largest absolute Gasteiger partial charge is 0.450 e. The molecule has 5 amide bonds. The van der Waals surface area contributed by atoms with Crippen LogP contribution in [0.25, 0.3) is 6.08 Å². The number of nitrogens with zero attached hydrogens (tertiary/aromatic N) is 2. The molecule has 272 valence electrons. The van der Waals surface area contributed by atoms with E-state index in [9.17, 15) is 32.4 Å². The molecule has 5 atom stereocenters. The molecule has 0 radical (unpaired) electrons. The van der Waals surface area contributed by atoms with Gasteiger partial charge in [0.25, 0.3) is 5.91 Å². The Balaban J connectivity index is 1.42. The number of ether oxygens (including phenoxy) is 2. The third-order valence-corrected chi connectivity index (χ3v) is 11.3. The number of carbonyl (C=O) groups excluding carboxylic acids is 5. The van der Waals surface area contributed by atoms with Crippen LogP contribution in [0.5, 0.6) is 0 Å². The van der Waals surface area contributed by atoms with Crippen LogP contribution in [0.4, 0.5) is 9.59 Å². The fourth-order valence-corrected chi connectivity index (χ4v) is 7.68. The molecule has 14 nitrogen and oxygen atoms in total. The molecule has 3 N–H and O–H groups in total. The highest BCUT2D eigenvalue weighted by Crippen LogP contribution is 2.45. The second-order valence-electron chi connectivity index (χ2n) is 14.7. The van der Waals surface area contributed by atoms with E-state index in [0.717, 1.165) is 11.1 Å². The molecule has 2 aliphatic heterocycles. The first-order valence-electron chi connectivity index (χ1n) is 17.0. The molecule has 1 aromatic carbocycles. The molecular formula is C35H47N5O9S. The number of amides is 5. The van der Waals surface area contributed by atoms with E-state index in [1.54, 1.807) is 27.8 Å². The molecule has 1 saturated heterocycles. The lowest BCUT2D eigenvalue weighted by Gasteiger charge is -2.35. The first kappa shape index (κ1) is 36.9. The number of sulfonamides is 1. The minimum absolute atomic E-state index is 0.102. The number of hydrogen-bond acceptors (Lipinski definition) is 9. The summed E-state index contributed by atoms with van der Waals surface area (Å²) in [5.41, 5.74) is -0.609. The average Bonchev–Trinajstić information content (AvgIpc) is 3.97. The predicted molar refractivity (Wildman–Crippen MR) is 184 cm³/mol. The van der Waals surface area contributed by atoms with E-state index < -0.39 is 80.2 Å². The molecule has 2 heterocycles. The second-order valence-corrected chi connectivity index (χ2v) is 16.6. The van der Waals surface area contributed by atoms with Crippen LogP contribution in [0.1, 0.15) is 70.4 Å². The lowest BCUT2D eigenvalue weighted by atomic mass is 9.85. The molecule has 0 aromatic heterocycles. The van der Waals surface area contributed by atoms with Crippen molar-refractivity contribution in [3.8, 4) is 0 Å². The Morgan fingerprint density at radius 1 is 1.16 bits per heavy atom.